The van der Waals surface area contributed by atoms with Crippen LogP contribution in [0.2, 0.25) is 0 Å². The molecule has 6 aromatic carbocycles. The molecule has 4 nitrogen and oxygen atoms in total. The van der Waals surface area contributed by atoms with Gasteiger partial charge in [-0.05, 0) is 171 Å². The number of pyridine rings is 1. The average molecular weight is 962 g/mol. The van der Waals surface area contributed by atoms with Crippen LogP contribution in [0.25, 0.3) is 72.7 Å². The molecule has 0 bridgehead atoms. The SMILES string of the molecule is [2H]C([2H])([2H])c1ccc(-c2ccnc(-c3cc(-c4cccc5c4nc(-c4cc(C(C)(C)C)cc(C(C)(C)C)c4O)n5-c4ccc(-c5c(C(C)(CC)CC)cccc5C(C)(CC)CC)cc4C([2H])([2H])[2H])cc(C(C)(C)C)c3)c2)cc1. The predicted octanol–water partition coefficient (Wildman–Crippen LogP) is 19.1. The van der Waals surface area contributed by atoms with E-state index in [0.29, 0.717) is 28.1 Å². The number of fused-ring (bicyclic) bond motifs is 1. The number of hydrogen-bond donors (Lipinski definition) is 1. The summed E-state index contributed by atoms with van der Waals surface area (Å²) in [6.07, 6.45) is 5.48. The lowest BCUT2D eigenvalue weighted by Gasteiger charge is -2.36. The monoisotopic (exact) mass is 962 g/mol. The molecule has 0 radical (unpaired) electrons. The van der Waals surface area contributed by atoms with E-state index in [2.05, 4.69) is 158 Å². The summed E-state index contributed by atoms with van der Waals surface area (Å²) in [6.45, 7) is 28.2. The third-order valence-electron chi connectivity index (χ3n) is 16.1. The molecule has 0 aliphatic carbocycles. The predicted molar refractivity (Wildman–Crippen MR) is 309 cm³/mol. The number of para-hydroxylation sites is 1. The van der Waals surface area contributed by atoms with Crippen molar-refractivity contribution in [3.63, 3.8) is 0 Å². The third kappa shape index (κ3) is 9.71. The van der Waals surface area contributed by atoms with Crippen LogP contribution in [-0.2, 0) is 27.1 Å². The summed E-state index contributed by atoms with van der Waals surface area (Å²) in [4.78, 5) is 10.5. The van der Waals surface area contributed by atoms with Crippen LogP contribution in [0.3, 0.4) is 0 Å². The van der Waals surface area contributed by atoms with Crippen molar-refractivity contribution in [1.29, 1.82) is 0 Å². The highest BCUT2D eigenvalue weighted by Crippen LogP contribution is 2.48. The molecule has 2 heterocycles. The van der Waals surface area contributed by atoms with Crippen molar-refractivity contribution in [2.45, 2.75) is 170 Å². The zero-order chi connectivity index (χ0) is 57.3. The highest BCUT2D eigenvalue weighted by Gasteiger charge is 2.34. The van der Waals surface area contributed by atoms with Crippen LogP contribution in [0.4, 0.5) is 0 Å². The number of phenols is 1. The Morgan fingerprint density at radius 1 is 0.514 bits per heavy atom. The summed E-state index contributed by atoms with van der Waals surface area (Å²) < 4.78 is 53.9. The Balaban J connectivity index is 1.46. The Kier molecular flexibility index (Phi) is 11.9. The van der Waals surface area contributed by atoms with Gasteiger partial charge in [-0.2, -0.15) is 0 Å². The van der Waals surface area contributed by atoms with E-state index >= 15 is 0 Å². The first-order valence-corrected chi connectivity index (χ1v) is 26.2. The van der Waals surface area contributed by atoms with Crippen LogP contribution in [0.15, 0.2) is 128 Å². The Labute approximate surface area is 441 Å². The van der Waals surface area contributed by atoms with Crippen LogP contribution in [-0.4, -0.2) is 19.6 Å². The lowest BCUT2D eigenvalue weighted by molar-refractivity contribution is 0.426. The molecular formula is C68H81N3O. The second kappa shape index (κ2) is 19.3. The molecule has 8 aromatic rings. The molecular weight excluding hydrogens is 875 g/mol. The molecule has 0 fully saturated rings. The maximum absolute atomic E-state index is 12.7. The van der Waals surface area contributed by atoms with E-state index in [1.807, 2.05) is 59.2 Å². The molecule has 72 heavy (non-hydrogen) atoms. The van der Waals surface area contributed by atoms with E-state index in [1.54, 1.807) is 18.3 Å². The summed E-state index contributed by atoms with van der Waals surface area (Å²) in [7, 11) is 0. The molecule has 374 valence electrons. The fourth-order valence-electron chi connectivity index (χ4n) is 10.4. The van der Waals surface area contributed by atoms with E-state index in [1.165, 1.54) is 11.1 Å². The normalized spacial score (nSPS) is 14.4. The van der Waals surface area contributed by atoms with Gasteiger partial charge >= 0.3 is 0 Å². The van der Waals surface area contributed by atoms with Crippen molar-refractivity contribution in [3.05, 3.63) is 166 Å². The van der Waals surface area contributed by atoms with Crippen molar-refractivity contribution < 1.29 is 13.3 Å². The molecule has 0 aliphatic rings. The van der Waals surface area contributed by atoms with Crippen molar-refractivity contribution >= 4 is 11.0 Å². The lowest BCUT2D eigenvalue weighted by atomic mass is 9.68. The van der Waals surface area contributed by atoms with Gasteiger partial charge in [-0.25, -0.2) is 4.98 Å². The second-order valence-corrected chi connectivity index (χ2v) is 23.9. The van der Waals surface area contributed by atoms with Gasteiger partial charge in [0.1, 0.15) is 11.6 Å². The summed E-state index contributed by atoms with van der Waals surface area (Å²) in [5.41, 5.74) is 13.9. The Bertz CT molecular complexity index is 3480. The largest absolute Gasteiger partial charge is 0.507 e. The molecule has 8 rings (SSSR count). The maximum Gasteiger partial charge on any atom is 0.149 e. The molecule has 0 spiro atoms. The third-order valence-corrected chi connectivity index (χ3v) is 16.1. The Morgan fingerprint density at radius 2 is 1.11 bits per heavy atom. The molecule has 0 amide bonds. The number of hydrogen-bond acceptors (Lipinski definition) is 3. The number of phenolic OH excluding ortho intramolecular Hbond substituents is 1. The fraction of sp³-hybridized carbons (Fsp3) is 0.382. The van der Waals surface area contributed by atoms with Crippen LogP contribution < -0.4 is 0 Å². The highest BCUT2D eigenvalue weighted by atomic mass is 16.3. The van der Waals surface area contributed by atoms with Gasteiger partial charge in [0.05, 0.1) is 28.0 Å². The minimum Gasteiger partial charge on any atom is -0.507 e. The number of nitrogens with zero attached hydrogens (tertiary/aromatic N) is 3. The van der Waals surface area contributed by atoms with Gasteiger partial charge in [-0.1, -0.05) is 182 Å². The molecule has 0 saturated carbocycles. The zero-order valence-corrected chi connectivity index (χ0v) is 45.7. The molecule has 0 saturated heterocycles. The van der Waals surface area contributed by atoms with Crippen molar-refractivity contribution in [2.24, 2.45) is 0 Å². The van der Waals surface area contributed by atoms with Crippen molar-refractivity contribution in [2.75, 3.05) is 0 Å². The van der Waals surface area contributed by atoms with E-state index in [0.717, 1.165) is 87.0 Å². The fourth-order valence-corrected chi connectivity index (χ4v) is 10.4. The Hall–Kier alpha value is -6.26. The number of aryl methyl sites for hydroxylation is 2. The summed E-state index contributed by atoms with van der Waals surface area (Å²) in [5.74, 6) is 0.540. The van der Waals surface area contributed by atoms with Gasteiger partial charge < -0.3 is 5.11 Å². The molecule has 0 aliphatic heterocycles. The first-order chi connectivity index (χ1) is 36.3. The number of benzene rings is 6. The minimum atomic E-state index is -2.57. The van der Waals surface area contributed by atoms with E-state index in [4.69, 9.17) is 14.1 Å². The van der Waals surface area contributed by atoms with Gasteiger partial charge in [-0.3, -0.25) is 9.55 Å². The topological polar surface area (TPSA) is 50.9 Å². The Morgan fingerprint density at radius 3 is 1.69 bits per heavy atom. The first kappa shape index (κ1) is 44.4. The van der Waals surface area contributed by atoms with Gasteiger partial charge in [0, 0.05) is 31.1 Å². The maximum atomic E-state index is 12.7. The molecule has 1 N–H and O–H groups in total. The molecule has 4 heteroatoms. The van der Waals surface area contributed by atoms with Crippen molar-refractivity contribution in [1.82, 2.24) is 14.5 Å². The number of aromatic hydroxyl groups is 1. The van der Waals surface area contributed by atoms with Gasteiger partial charge in [0.2, 0.25) is 0 Å². The highest BCUT2D eigenvalue weighted by molar-refractivity contribution is 5.97. The number of imidazole rings is 1. The summed E-state index contributed by atoms with van der Waals surface area (Å²) in [5, 5.41) is 12.7. The smallest absolute Gasteiger partial charge is 0.149 e. The average Bonchev–Trinajstić information content (AvgIpc) is 4.03. The van der Waals surface area contributed by atoms with Crippen LogP contribution in [0, 0.1) is 13.7 Å². The summed E-state index contributed by atoms with van der Waals surface area (Å²) in [6, 6.07) is 40.4. The second-order valence-electron chi connectivity index (χ2n) is 23.9. The van der Waals surface area contributed by atoms with E-state index in [9.17, 15) is 9.22 Å². The molecule has 2 aromatic heterocycles. The van der Waals surface area contributed by atoms with Crippen molar-refractivity contribution in [3.8, 4) is 67.5 Å². The van der Waals surface area contributed by atoms with E-state index in [-0.39, 0.29) is 38.5 Å². The quantitative estimate of drug-likeness (QED) is 0.133. The number of rotatable bonds is 12. The standard InChI is InChI=1S/C68H81N3O/c1-18-67(16,19-2)54-25-23-26-55(68(17,20-3)21-4)60(54)47-32-33-58(44(6)36-47)71-59-27-22-24-52(61(59)70-63(71)53-41-51(65(10,11)12)42-56(62(53)72)66(13,14)15)48-37-49(39-50(38-48)64(7,8)9)57-40-46(34-35-69-57)45-30-28-43(5)29-31-45/h22-42,72H,18-21H2,1-17H3/i5D3,6D3. The van der Waals surface area contributed by atoms with Crippen LogP contribution in [0.5, 0.6) is 5.75 Å². The summed E-state index contributed by atoms with van der Waals surface area (Å²) >= 11 is 0. The van der Waals surface area contributed by atoms with Crippen LogP contribution in [0.1, 0.15) is 177 Å². The van der Waals surface area contributed by atoms with Crippen LogP contribution >= 0.6 is 0 Å². The first-order valence-electron chi connectivity index (χ1n) is 29.2. The van der Waals surface area contributed by atoms with Gasteiger partial charge in [0.25, 0.3) is 0 Å². The molecule has 0 atom stereocenters. The zero-order valence-electron chi connectivity index (χ0n) is 51.7. The van der Waals surface area contributed by atoms with Gasteiger partial charge in [-0.15, -0.1) is 0 Å². The van der Waals surface area contributed by atoms with Gasteiger partial charge in [0.15, 0.2) is 0 Å². The lowest BCUT2D eigenvalue weighted by Crippen LogP contribution is -2.25. The number of aromatic nitrogens is 3. The van der Waals surface area contributed by atoms with E-state index < -0.39 is 19.1 Å². The molecule has 0 unspecified atom stereocenters. The minimum absolute atomic E-state index is 0.104.